The molecule has 5 heteroatoms. The van der Waals surface area contributed by atoms with Crippen molar-refractivity contribution >= 4 is 11.7 Å². The summed E-state index contributed by atoms with van der Waals surface area (Å²) in [5, 5.41) is 12.8. The molecular weight excluding hydrogens is 302 g/mol. The predicted molar refractivity (Wildman–Crippen MR) is 97.2 cm³/mol. The van der Waals surface area contributed by atoms with Gasteiger partial charge in [-0.2, -0.15) is 0 Å². The Morgan fingerprint density at radius 3 is 2.50 bits per heavy atom. The first-order valence-corrected chi connectivity index (χ1v) is 7.70. The predicted octanol–water partition coefficient (Wildman–Crippen LogP) is 3.06. The molecule has 2 rings (SSSR count). The fraction of sp³-hybridized carbons (Fsp3) is 0.211. The molecule has 1 aliphatic heterocycles. The topological polar surface area (TPSA) is 55.8 Å². The summed E-state index contributed by atoms with van der Waals surface area (Å²) in [7, 11) is 3.99. The van der Waals surface area contributed by atoms with Crippen LogP contribution in [0.5, 0.6) is 0 Å². The first-order chi connectivity index (χ1) is 11.4. The molecule has 0 atom stereocenters. The van der Waals surface area contributed by atoms with Gasteiger partial charge in [-0.3, -0.25) is 0 Å². The van der Waals surface area contributed by atoms with Crippen molar-refractivity contribution in [1.29, 1.82) is 0 Å². The van der Waals surface area contributed by atoms with E-state index in [1.54, 1.807) is 29.3 Å². The van der Waals surface area contributed by atoms with Crippen LogP contribution in [-0.4, -0.2) is 30.1 Å². The highest BCUT2D eigenvalue weighted by Gasteiger charge is 2.23. The monoisotopic (exact) mass is 325 g/mol. The number of rotatable bonds is 6. The van der Waals surface area contributed by atoms with E-state index in [2.05, 4.69) is 11.9 Å². The Labute approximate surface area is 142 Å². The summed E-state index contributed by atoms with van der Waals surface area (Å²) in [6.07, 6.45) is 7.03. The highest BCUT2D eigenvalue weighted by atomic mass is 16.4. The summed E-state index contributed by atoms with van der Waals surface area (Å²) < 4.78 is 0. The summed E-state index contributed by atoms with van der Waals surface area (Å²) in [4.78, 5) is 15.3. The minimum absolute atomic E-state index is 0.172. The van der Waals surface area contributed by atoms with Gasteiger partial charge in [0.15, 0.2) is 5.70 Å². The molecule has 1 aliphatic rings. The number of benzene rings is 1. The Balaban J connectivity index is 2.20. The molecule has 1 heterocycles. The van der Waals surface area contributed by atoms with Crippen LogP contribution in [0.1, 0.15) is 12.5 Å². The minimum atomic E-state index is -0.996. The van der Waals surface area contributed by atoms with Gasteiger partial charge in [-0.1, -0.05) is 24.8 Å². The maximum Gasteiger partial charge on any atom is 0.355 e. The van der Waals surface area contributed by atoms with Crippen LogP contribution in [0.4, 0.5) is 5.69 Å². The van der Waals surface area contributed by atoms with Crippen LogP contribution in [0.2, 0.25) is 0 Å². The largest absolute Gasteiger partial charge is 0.476 e. The Kier molecular flexibility index (Phi) is 5.47. The quantitative estimate of drug-likeness (QED) is 0.842. The van der Waals surface area contributed by atoms with Crippen molar-refractivity contribution < 1.29 is 9.90 Å². The van der Waals surface area contributed by atoms with Crippen molar-refractivity contribution in [2.45, 2.75) is 13.5 Å². The second-order valence-electron chi connectivity index (χ2n) is 5.66. The van der Waals surface area contributed by atoms with E-state index in [-0.39, 0.29) is 5.70 Å². The molecule has 0 saturated heterocycles. The Hall–Kier alpha value is -2.95. The van der Waals surface area contributed by atoms with E-state index in [9.17, 15) is 9.90 Å². The van der Waals surface area contributed by atoms with Crippen LogP contribution in [0.25, 0.3) is 0 Å². The maximum atomic E-state index is 11.7. The van der Waals surface area contributed by atoms with Crippen LogP contribution < -0.4 is 10.2 Å². The van der Waals surface area contributed by atoms with Gasteiger partial charge >= 0.3 is 5.97 Å². The smallest absolute Gasteiger partial charge is 0.355 e. The number of hydrogen-bond acceptors (Lipinski definition) is 4. The SMILES string of the molecule is C=C1C=CC(NCc2ccc(N(C)C)cc2)=C(C(=O)O)N1/C=C\C. The Bertz CT molecular complexity index is 713. The number of carboxylic acid groups (broad SMARTS) is 1. The van der Waals surface area contributed by atoms with Gasteiger partial charge in [-0.15, -0.1) is 0 Å². The van der Waals surface area contributed by atoms with Crippen LogP contribution in [-0.2, 0) is 11.3 Å². The number of hydrogen-bond donors (Lipinski definition) is 2. The van der Waals surface area contributed by atoms with Gasteiger partial charge in [0.2, 0.25) is 0 Å². The molecule has 126 valence electrons. The van der Waals surface area contributed by atoms with Gasteiger partial charge in [0, 0.05) is 38.2 Å². The standard InChI is InChI=1S/C19H23N3O2/c1-5-12-22-14(2)6-11-17(18(22)19(23)24)20-13-15-7-9-16(10-8-15)21(3)4/h5-12,20H,2,13H2,1,3-4H3,(H,23,24)/b12-5-. The molecule has 0 amide bonds. The summed E-state index contributed by atoms with van der Waals surface area (Å²) in [5.41, 5.74) is 3.55. The molecule has 0 aromatic heterocycles. The van der Waals surface area contributed by atoms with Gasteiger partial charge < -0.3 is 20.2 Å². The molecular formula is C19H23N3O2. The summed E-state index contributed by atoms with van der Waals surface area (Å²) >= 11 is 0. The number of nitrogens with zero attached hydrogens (tertiary/aromatic N) is 2. The number of allylic oxidation sites excluding steroid dienone is 3. The van der Waals surface area contributed by atoms with E-state index in [1.165, 1.54) is 0 Å². The zero-order chi connectivity index (χ0) is 17.7. The third-order valence-electron chi connectivity index (χ3n) is 3.68. The molecule has 24 heavy (non-hydrogen) atoms. The first kappa shape index (κ1) is 17.4. The molecule has 0 unspecified atom stereocenters. The number of aliphatic carboxylic acids is 1. The summed E-state index contributed by atoms with van der Waals surface area (Å²) in [5.74, 6) is -0.996. The van der Waals surface area contributed by atoms with E-state index in [1.807, 2.05) is 50.2 Å². The van der Waals surface area contributed by atoms with Gasteiger partial charge in [0.1, 0.15) is 0 Å². The molecule has 0 spiro atoms. The third-order valence-corrected chi connectivity index (χ3v) is 3.68. The van der Waals surface area contributed by atoms with Crippen molar-refractivity contribution in [3.05, 3.63) is 77.9 Å². The molecule has 0 bridgehead atoms. The molecule has 0 aliphatic carbocycles. The van der Waals surface area contributed by atoms with Crippen molar-refractivity contribution in [3.63, 3.8) is 0 Å². The van der Waals surface area contributed by atoms with E-state index in [0.717, 1.165) is 11.3 Å². The zero-order valence-corrected chi connectivity index (χ0v) is 14.3. The second-order valence-corrected chi connectivity index (χ2v) is 5.66. The zero-order valence-electron chi connectivity index (χ0n) is 14.3. The Morgan fingerprint density at radius 2 is 1.96 bits per heavy atom. The number of nitrogens with one attached hydrogen (secondary N) is 1. The lowest BCUT2D eigenvalue weighted by molar-refractivity contribution is -0.134. The highest BCUT2D eigenvalue weighted by molar-refractivity contribution is 5.88. The van der Waals surface area contributed by atoms with Crippen LogP contribution in [0, 0.1) is 0 Å². The molecule has 0 saturated carbocycles. The molecule has 5 nitrogen and oxygen atoms in total. The minimum Gasteiger partial charge on any atom is -0.476 e. The molecule has 0 radical (unpaired) electrons. The number of carboxylic acids is 1. The lowest BCUT2D eigenvalue weighted by atomic mass is 10.1. The van der Waals surface area contributed by atoms with Gasteiger partial charge in [0.25, 0.3) is 0 Å². The van der Waals surface area contributed by atoms with Gasteiger partial charge in [-0.05, 0) is 36.8 Å². The highest BCUT2D eigenvalue weighted by Crippen LogP contribution is 2.23. The third kappa shape index (κ3) is 3.87. The van der Waals surface area contributed by atoms with E-state index in [4.69, 9.17) is 0 Å². The summed E-state index contributed by atoms with van der Waals surface area (Å²) in [6.45, 7) is 6.26. The Morgan fingerprint density at radius 1 is 1.29 bits per heavy atom. The van der Waals surface area contributed by atoms with Crippen LogP contribution in [0.3, 0.4) is 0 Å². The van der Waals surface area contributed by atoms with Crippen molar-refractivity contribution in [1.82, 2.24) is 10.2 Å². The maximum absolute atomic E-state index is 11.7. The fourth-order valence-corrected chi connectivity index (χ4v) is 2.40. The van der Waals surface area contributed by atoms with Crippen LogP contribution >= 0.6 is 0 Å². The van der Waals surface area contributed by atoms with Gasteiger partial charge in [0.05, 0.1) is 5.70 Å². The second kappa shape index (κ2) is 7.55. The van der Waals surface area contributed by atoms with E-state index >= 15 is 0 Å². The average molecular weight is 325 g/mol. The molecule has 2 N–H and O–H groups in total. The molecule has 1 aromatic carbocycles. The fourth-order valence-electron chi connectivity index (χ4n) is 2.40. The van der Waals surface area contributed by atoms with Gasteiger partial charge in [-0.25, -0.2) is 4.79 Å². The van der Waals surface area contributed by atoms with E-state index < -0.39 is 5.97 Å². The lowest BCUT2D eigenvalue weighted by Crippen LogP contribution is -2.29. The van der Waals surface area contributed by atoms with Crippen molar-refractivity contribution in [2.75, 3.05) is 19.0 Å². The van der Waals surface area contributed by atoms with Crippen LogP contribution in [0.15, 0.2) is 72.4 Å². The molecule has 0 fully saturated rings. The van der Waals surface area contributed by atoms with Crippen molar-refractivity contribution in [2.24, 2.45) is 0 Å². The van der Waals surface area contributed by atoms with E-state index in [0.29, 0.717) is 17.9 Å². The number of anilines is 1. The lowest BCUT2D eigenvalue weighted by Gasteiger charge is -2.27. The average Bonchev–Trinajstić information content (AvgIpc) is 2.55. The normalized spacial score (nSPS) is 14.5. The number of carbonyl (C=O) groups is 1. The van der Waals surface area contributed by atoms with Crippen molar-refractivity contribution in [3.8, 4) is 0 Å². The first-order valence-electron chi connectivity index (χ1n) is 7.70. The molecule has 1 aromatic rings. The summed E-state index contributed by atoms with van der Waals surface area (Å²) in [6, 6.07) is 8.12.